The third kappa shape index (κ3) is 3.42. The lowest BCUT2D eigenvalue weighted by Crippen LogP contribution is -2.64. The molecule has 0 saturated heterocycles. The number of hydrogen-bond donors (Lipinski definition) is 1. The Kier molecular flexibility index (Phi) is 5.31. The fourth-order valence-electron chi connectivity index (χ4n) is 4.32. The molecule has 2 amide bonds. The van der Waals surface area contributed by atoms with E-state index in [0.29, 0.717) is 18.8 Å². The molecule has 0 aliphatic carbocycles. The maximum absolute atomic E-state index is 13.8. The first kappa shape index (κ1) is 20.8. The van der Waals surface area contributed by atoms with Gasteiger partial charge in [-0.05, 0) is 54.5 Å². The van der Waals surface area contributed by atoms with Crippen LogP contribution < -0.4 is 10.2 Å². The summed E-state index contributed by atoms with van der Waals surface area (Å²) in [4.78, 5) is 31.2. The maximum Gasteiger partial charge on any atom is 0.275 e. The Morgan fingerprint density at radius 2 is 1.94 bits per heavy atom. The molecule has 0 saturated carbocycles. The second-order valence-electron chi connectivity index (χ2n) is 8.08. The van der Waals surface area contributed by atoms with Gasteiger partial charge in [-0.15, -0.1) is 23.1 Å². The molecule has 1 unspecified atom stereocenters. The molecule has 1 atom stereocenters. The molecule has 4 aromatic rings. The summed E-state index contributed by atoms with van der Waals surface area (Å²) in [7, 11) is 0. The highest BCUT2D eigenvalue weighted by atomic mass is 32.2. The third-order valence-corrected chi connectivity index (χ3v) is 7.66. The molecule has 1 aliphatic heterocycles. The van der Waals surface area contributed by atoms with Crippen LogP contribution in [0.25, 0.3) is 10.2 Å². The number of amides is 2. The summed E-state index contributed by atoms with van der Waals surface area (Å²) < 4.78 is 2.00. The second-order valence-corrected chi connectivity index (χ2v) is 9.86. The van der Waals surface area contributed by atoms with E-state index in [0.717, 1.165) is 26.4 Å². The average Bonchev–Trinajstić information content (AvgIpc) is 3.41. The van der Waals surface area contributed by atoms with E-state index in [1.165, 1.54) is 0 Å². The molecule has 1 N–H and O–H groups in total. The van der Waals surface area contributed by atoms with Crippen molar-refractivity contribution in [1.29, 1.82) is 0 Å². The van der Waals surface area contributed by atoms with Crippen LogP contribution in [0.5, 0.6) is 0 Å². The van der Waals surface area contributed by atoms with Crippen molar-refractivity contribution in [2.75, 3.05) is 11.2 Å². The highest BCUT2D eigenvalue weighted by Gasteiger charge is 2.48. The smallest absolute Gasteiger partial charge is 0.275 e. The highest BCUT2D eigenvalue weighted by molar-refractivity contribution is 7.98. The molecule has 2 aromatic heterocycles. The molecule has 1 aliphatic rings. The quantitative estimate of drug-likeness (QED) is 0.418. The number of nitrogens with one attached hydrogen (secondary N) is 1. The highest BCUT2D eigenvalue weighted by Crippen LogP contribution is 2.38. The minimum atomic E-state index is -1.08. The zero-order chi connectivity index (χ0) is 22.3. The van der Waals surface area contributed by atoms with Crippen molar-refractivity contribution in [3.63, 3.8) is 0 Å². The van der Waals surface area contributed by atoms with Gasteiger partial charge in [-0.2, -0.15) is 0 Å². The van der Waals surface area contributed by atoms with Crippen molar-refractivity contribution in [2.24, 2.45) is 0 Å². The molecule has 162 valence electrons. The molecular weight excluding hydrogens is 438 g/mol. The first-order chi connectivity index (χ1) is 15.5. The summed E-state index contributed by atoms with van der Waals surface area (Å²) in [5.41, 5.74) is 1.29. The molecule has 32 heavy (non-hydrogen) atoms. The number of benzene rings is 2. The van der Waals surface area contributed by atoms with Gasteiger partial charge < -0.3 is 9.88 Å². The van der Waals surface area contributed by atoms with Gasteiger partial charge in [0.1, 0.15) is 16.1 Å². The number of anilines is 1. The van der Waals surface area contributed by atoms with Crippen LogP contribution >= 0.6 is 23.1 Å². The summed E-state index contributed by atoms with van der Waals surface area (Å²) in [5.74, 6) is -0.330. The van der Waals surface area contributed by atoms with E-state index in [4.69, 9.17) is 0 Å². The number of rotatable bonds is 5. The number of nitrogens with zero attached hydrogens (tertiary/aromatic N) is 2. The Morgan fingerprint density at radius 3 is 2.72 bits per heavy atom. The zero-order valence-electron chi connectivity index (χ0n) is 17.9. The van der Waals surface area contributed by atoms with Gasteiger partial charge in [-0.3, -0.25) is 14.5 Å². The zero-order valence-corrected chi connectivity index (χ0v) is 19.5. The Hall–Kier alpha value is -3.03. The van der Waals surface area contributed by atoms with Crippen molar-refractivity contribution in [3.05, 3.63) is 83.4 Å². The van der Waals surface area contributed by atoms with E-state index in [2.05, 4.69) is 5.32 Å². The van der Waals surface area contributed by atoms with Crippen LogP contribution in [0.4, 0.5) is 5.69 Å². The average molecular weight is 462 g/mol. The van der Waals surface area contributed by atoms with Gasteiger partial charge >= 0.3 is 0 Å². The van der Waals surface area contributed by atoms with E-state index in [1.54, 1.807) is 28.0 Å². The molecule has 3 heterocycles. The number of hydrogen-bond acceptors (Lipinski definition) is 4. The van der Waals surface area contributed by atoms with Crippen LogP contribution in [0.15, 0.2) is 77.0 Å². The van der Waals surface area contributed by atoms with Crippen LogP contribution in [0.1, 0.15) is 23.0 Å². The molecule has 0 bridgehead atoms. The lowest BCUT2D eigenvalue weighted by molar-refractivity contribution is -0.126. The molecule has 7 heteroatoms. The van der Waals surface area contributed by atoms with Crippen molar-refractivity contribution in [3.8, 4) is 0 Å². The predicted octanol–water partition coefficient (Wildman–Crippen LogP) is 5.16. The van der Waals surface area contributed by atoms with Gasteiger partial charge in [0.2, 0.25) is 5.91 Å². The standard InChI is InChI=1S/C25H23N3O2S2/c1-25(24(30)26-15-17-7-4-3-5-8-17)16-27-21(13-18-11-12-32-23(18)27)22(29)28(25)19-9-6-10-20(14-19)31-2/h3-14H,15-16H2,1-2H3,(H,26,30). The fourth-order valence-corrected chi connectivity index (χ4v) is 5.67. The van der Waals surface area contributed by atoms with E-state index in [-0.39, 0.29) is 11.8 Å². The summed E-state index contributed by atoms with van der Waals surface area (Å²) in [6.45, 7) is 2.66. The molecule has 0 radical (unpaired) electrons. The van der Waals surface area contributed by atoms with Crippen LogP contribution in [0.3, 0.4) is 0 Å². The van der Waals surface area contributed by atoms with Crippen LogP contribution in [-0.2, 0) is 17.9 Å². The van der Waals surface area contributed by atoms with Gasteiger partial charge in [0.15, 0.2) is 0 Å². The van der Waals surface area contributed by atoms with Gasteiger partial charge in [-0.1, -0.05) is 36.4 Å². The van der Waals surface area contributed by atoms with Gasteiger partial charge in [0.05, 0.1) is 6.54 Å². The Labute approximate surface area is 195 Å². The largest absolute Gasteiger partial charge is 0.350 e. The summed E-state index contributed by atoms with van der Waals surface area (Å²) >= 11 is 3.21. The molecule has 0 spiro atoms. The van der Waals surface area contributed by atoms with Crippen molar-refractivity contribution < 1.29 is 9.59 Å². The van der Waals surface area contributed by atoms with Crippen LogP contribution in [0, 0.1) is 0 Å². The second kappa shape index (κ2) is 8.15. The Morgan fingerprint density at radius 1 is 1.12 bits per heavy atom. The Balaban J connectivity index is 1.58. The maximum atomic E-state index is 13.8. The number of aromatic nitrogens is 1. The van der Waals surface area contributed by atoms with E-state index in [1.807, 2.05) is 89.9 Å². The first-order valence-electron chi connectivity index (χ1n) is 10.4. The first-order valence-corrected chi connectivity index (χ1v) is 12.5. The number of carbonyl (C=O) groups excluding carboxylic acids is 2. The number of thioether (sulfide) groups is 1. The number of carbonyl (C=O) groups is 2. The predicted molar refractivity (Wildman–Crippen MR) is 132 cm³/mol. The molecule has 5 rings (SSSR count). The van der Waals surface area contributed by atoms with Gasteiger partial charge in [0.25, 0.3) is 5.91 Å². The number of fused-ring (bicyclic) bond motifs is 3. The fraction of sp³-hybridized carbons (Fsp3) is 0.200. The topological polar surface area (TPSA) is 54.3 Å². The minimum Gasteiger partial charge on any atom is -0.350 e. The SMILES string of the molecule is CSc1cccc(N2C(=O)c3cc4ccsc4n3CC2(C)C(=O)NCc2ccccc2)c1. The van der Waals surface area contributed by atoms with Gasteiger partial charge in [0, 0.05) is 22.5 Å². The van der Waals surface area contributed by atoms with Crippen molar-refractivity contribution in [1.82, 2.24) is 9.88 Å². The lowest BCUT2D eigenvalue weighted by atomic mass is 9.93. The minimum absolute atomic E-state index is 0.157. The van der Waals surface area contributed by atoms with E-state index >= 15 is 0 Å². The monoisotopic (exact) mass is 461 g/mol. The number of thiophene rings is 1. The van der Waals surface area contributed by atoms with Gasteiger partial charge in [-0.25, -0.2) is 0 Å². The van der Waals surface area contributed by atoms with E-state index in [9.17, 15) is 9.59 Å². The third-order valence-electron chi connectivity index (χ3n) is 5.98. The van der Waals surface area contributed by atoms with Crippen molar-refractivity contribution >= 4 is 50.8 Å². The molecular formula is C25H23N3O2S2. The van der Waals surface area contributed by atoms with Crippen molar-refractivity contribution in [2.45, 2.75) is 30.4 Å². The summed E-state index contributed by atoms with van der Waals surface area (Å²) in [6.07, 6.45) is 2.00. The van der Waals surface area contributed by atoms with E-state index < -0.39 is 5.54 Å². The van der Waals surface area contributed by atoms with Crippen LogP contribution in [0.2, 0.25) is 0 Å². The Bertz CT molecular complexity index is 1310. The summed E-state index contributed by atoms with van der Waals surface area (Å²) in [5, 5.41) is 6.12. The normalized spacial score (nSPS) is 18.1. The lowest BCUT2D eigenvalue weighted by Gasteiger charge is -2.44. The van der Waals surface area contributed by atoms with Crippen LogP contribution in [-0.4, -0.2) is 28.2 Å². The molecule has 5 nitrogen and oxygen atoms in total. The summed E-state index contributed by atoms with van der Waals surface area (Å²) in [6, 6.07) is 21.6. The molecule has 0 fully saturated rings. The molecule has 2 aromatic carbocycles.